The molecule has 1 heterocycles. The lowest BCUT2D eigenvalue weighted by Crippen LogP contribution is -2.48. The van der Waals surface area contributed by atoms with E-state index in [0.717, 1.165) is 70.0 Å². The van der Waals surface area contributed by atoms with Crippen LogP contribution in [0.1, 0.15) is 52.9 Å². The Bertz CT molecular complexity index is 471. The largest absolute Gasteiger partial charge is 0.373 e. The van der Waals surface area contributed by atoms with Crippen molar-refractivity contribution in [2.24, 2.45) is 4.99 Å². The molecule has 0 aromatic heterocycles. The van der Waals surface area contributed by atoms with Crippen molar-refractivity contribution < 1.29 is 8.95 Å². The highest BCUT2D eigenvalue weighted by Gasteiger charge is 2.26. The molecule has 160 valence electrons. The monoisotopic (exact) mass is 514 g/mol. The van der Waals surface area contributed by atoms with Crippen LogP contribution in [0.4, 0.5) is 0 Å². The normalized spacial score (nSPS) is 31.0. The fourth-order valence-electron chi connectivity index (χ4n) is 4.11. The Balaban J connectivity index is 0.00000364. The maximum absolute atomic E-state index is 12.1. The number of nitrogens with one attached hydrogen (secondary N) is 2. The fourth-order valence-corrected chi connectivity index (χ4v) is 5.46. The van der Waals surface area contributed by atoms with Gasteiger partial charge in [-0.2, -0.15) is 0 Å². The van der Waals surface area contributed by atoms with Gasteiger partial charge in [-0.05, 0) is 39.5 Å². The number of ether oxygens (including phenoxy) is 1. The van der Waals surface area contributed by atoms with E-state index in [1.54, 1.807) is 0 Å². The second-order valence-corrected chi connectivity index (χ2v) is 9.67. The van der Waals surface area contributed by atoms with Gasteiger partial charge in [0.05, 0.1) is 12.2 Å². The number of aliphatic imine (C=N–C) groups is 1. The Morgan fingerprint density at radius 1 is 1.26 bits per heavy atom. The lowest BCUT2D eigenvalue weighted by molar-refractivity contribution is -0.0679. The average Bonchev–Trinajstić information content (AvgIpc) is 2.63. The second-order valence-electron chi connectivity index (χ2n) is 7.67. The van der Waals surface area contributed by atoms with Gasteiger partial charge in [-0.25, -0.2) is 0 Å². The number of halogens is 1. The van der Waals surface area contributed by atoms with Gasteiger partial charge >= 0.3 is 0 Å². The van der Waals surface area contributed by atoms with E-state index in [4.69, 9.17) is 4.74 Å². The van der Waals surface area contributed by atoms with Crippen LogP contribution < -0.4 is 10.6 Å². The van der Waals surface area contributed by atoms with Crippen molar-refractivity contribution in [3.8, 4) is 0 Å². The van der Waals surface area contributed by atoms with Crippen molar-refractivity contribution in [2.75, 3.05) is 39.0 Å². The van der Waals surface area contributed by atoms with Gasteiger partial charge in [-0.15, -0.1) is 24.0 Å². The summed E-state index contributed by atoms with van der Waals surface area (Å²) < 4.78 is 17.9. The van der Waals surface area contributed by atoms with Crippen LogP contribution in [-0.4, -0.2) is 77.5 Å². The van der Waals surface area contributed by atoms with Crippen LogP contribution in [0.15, 0.2) is 4.99 Å². The van der Waals surface area contributed by atoms with E-state index in [0.29, 0.717) is 23.5 Å². The molecule has 1 aliphatic carbocycles. The number of morpholine rings is 1. The molecular formula is C19H39IN4O2S. The van der Waals surface area contributed by atoms with E-state index in [-0.39, 0.29) is 24.0 Å². The summed E-state index contributed by atoms with van der Waals surface area (Å²) in [6.07, 6.45) is 6.13. The lowest BCUT2D eigenvalue weighted by Gasteiger charge is -2.35. The van der Waals surface area contributed by atoms with Crippen LogP contribution in [0.5, 0.6) is 0 Å². The molecule has 5 unspecified atom stereocenters. The summed E-state index contributed by atoms with van der Waals surface area (Å²) in [7, 11) is 1.14. The zero-order chi connectivity index (χ0) is 18.9. The van der Waals surface area contributed by atoms with Crippen molar-refractivity contribution >= 4 is 40.7 Å². The summed E-state index contributed by atoms with van der Waals surface area (Å²) in [6.45, 7) is 10.4. The van der Waals surface area contributed by atoms with Crippen LogP contribution in [-0.2, 0) is 15.5 Å². The maximum Gasteiger partial charge on any atom is 0.191 e. The third-order valence-corrected chi connectivity index (χ3v) is 7.03. The molecule has 2 aliphatic rings. The number of hydrogen-bond acceptors (Lipinski definition) is 4. The summed E-state index contributed by atoms with van der Waals surface area (Å²) in [5.74, 6) is 1.64. The molecule has 2 fully saturated rings. The molecular weight excluding hydrogens is 475 g/mol. The Hall–Kier alpha value is 0.0700. The van der Waals surface area contributed by atoms with E-state index in [1.807, 2.05) is 14.0 Å². The molecule has 1 saturated carbocycles. The van der Waals surface area contributed by atoms with E-state index < -0.39 is 10.8 Å². The van der Waals surface area contributed by atoms with Crippen LogP contribution in [0, 0.1) is 0 Å². The van der Waals surface area contributed by atoms with Gasteiger partial charge in [0, 0.05) is 61.1 Å². The molecule has 1 aliphatic heterocycles. The molecule has 27 heavy (non-hydrogen) atoms. The molecule has 0 spiro atoms. The number of hydrogen-bond donors (Lipinski definition) is 2. The van der Waals surface area contributed by atoms with Crippen molar-refractivity contribution in [3.05, 3.63) is 0 Å². The van der Waals surface area contributed by atoms with Crippen molar-refractivity contribution in [3.63, 3.8) is 0 Å². The Morgan fingerprint density at radius 3 is 2.59 bits per heavy atom. The van der Waals surface area contributed by atoms with Gasteiger partial charge in [-0.1, -0.05) is 13.3 Å². The van der Waals surface area contributed by atoms with Gasteiger partial charge in [0.2, 0.25) is 0 Å². The zero-order valence-corrected chi connectivity index (χ0v) is 20.6. The molecule has 8 heteroatoms. The summed E-state index contributed by atoms with van der Waals surface area (Å²) in [4.78, 5) is 6.85. The molecule has 6 nitrogen and oxygen atoms in total. The molecule has 0 aromatic rings. The van der Waals surface area contributed by atoms with Gasteiger partial charge in [0.25, 0.3) is 0 Å². The first-order chi connectivity index (χ1) is 12.5. The Kier molecular flexibility index (Phi) is 12.4. The molecule has 5 atom stereocenters. The minimum Gasteiger partial charge on any atom is -0.373 e. The topological polar surface area (TPSA) is 66.0 Å². The van der Waals surface area contributed by atoms with Gasteiger partial charge in [0.1, 0.15) is 0 Å². The fraction of sp³-hybridized carbons (Fsp3) is 0.947. The summed E-state index contributed by atoms with van der Waals surface area (Å²) in [5.41, 5.74) is 0. The quantitative estimate of drug-likeness (QED) is 0.236. The third-order valence-electron chi connectivity index (χ3n) is 5.29. The highest BCUT2D eigenvalue weighted by atomic mass is 127. The first kappa shape index (κ1) is 25.1. The van der Waals surface area contributed by atoms with Crippen LogP contribution >= 0.6 is 24.0 Å². The van der Waals surface area contributed by atoms with Gasteiger partial charge in [-0.3, -0.25) is 14.1 Å². The van der Waals surface area contributed by atoms with Crippen molar-refractivity contribution in [1.82, 2.24) is 15.5 Å². The second kappa shape index (κ2) is 13.3. The minimum atomic E-state index is -0.683. The zero-order valence-electron chi connectivity index (χ0n) is 17.4. The van der Waals surface area contributed by atoms with Crippen LogP contribution in [0.2, 0.25) is 0 Å². The summed E-state index contributed by atoms with van der Waals surface area (Å²) in [6, 6.07) is 0.386. The van der Waals surface area contributed by atoms with E-state index in [9.17, 15) is 4.21 Å². The highest BCUT2D eigenvalue weighted by Crippen LogP contribution is 2.22. The minimum absolute atomic E-state index is 0. The highest BCUT2D eigenvalue weighted by molar-refractivity contribution is 14.0. The Labute approximate surface area is 185 Å². The van der Waals surface area contributed by atoms with Gasteiger partial charge < -0.3 is 15.4 Å². The van der Waals surface area contributed by atoms with E-state index in [2.05, 4.69) is 34.4 Å². The van der Waals surface area contributed by atoms with E-state index in [1.165, 1.54) is 0 Å². The third kappa shape index (κ3) is 8.95. The van der Waals surface area contributed by atoms with Gasteiger partial charge in [0.15, 0.2) is 5.96 Å². The maximum atomic E-state index is 12.1. The first-order valence-corrected chi connectivity index (χ1v) is 11.6. The van der Waals surface area contributed by atoms with E-state index >= 15 is 0 Å². The average molecular weight is 515 g/mol. The summed E-state index contributed by atoms with van der Waals surface area (Å²) in [5, 5.41) is 7.32. The number of guanidine groups is 1. The Morgan fingerprint density at radius 2 is 1.96 bits per heavy atom. The molecule has 2 rings (SSSR count). The first-order valence-electron chi connectivity index (χ1n) is 10.2. The molecule has 0 aromatic carbocycles. The smallest absolute Gasteiger partial charge is 0.191 e. The van der Waals surface area contributed by atoms with Crippen LogP contribution in [0.25, 0.3) is 0 Å². The molecule has 0 radical (unpaired) electrons. The standard InChI is InChI=1S/C19H38N4O2S.HI/c1-5-26(24)18-9-6-8-17(12-18)22-19(20-4)21-10-7-11-23-13-15(2)25-16(3)14-23;/h15-18H,5-14H2,1-4H3,(H2,20,21,22);1H. The van der Waals surface area contributed by atoms with Crippen molar-refractivity contribution in [2.45, 2.75) is 76.4 Å². The number of rotatable bonds is 7. The SMILES string of the molecule is CCS(=O)C1CCCC(NC(=NC)NCCCN2CC(C)OC(C)C2)C1.I. The van der Waals surface area contributed by atoms with Crippen molar-refractivity contribution in [1.29, 1.82) is 0 Å². The predicted molar refractivity (Wildman–Crippen MR) is 126 cm³/mol. The molecule has 1 saturated heterocycles. The van der Waals surface area contributed by atoms with Crippen LogP contribution in [0.3, 0.4) is 0 Å². The molecule has 0 amide bonds. The summed E-state index contributed by atoms with van der Waals surface area (Å²) >= 11 is 0. The predicted octanol–water partition coefficient (Wildman–Crippen LogP) is 2.35. The molecule has 2 N–H and O–H groups in total. The molecule has 0 bridgehead atoms. The number of nitrogens with zero attached hydrogens (tertiary/aromatic N) is 2. The lowest BCUT2D eigenvalue weighted by atomic mass is 9.95.